The van der Waals surface area contributed by atoms with Crippen LogP contribution >= 0.6 is 11.3 Å². The molecule has 4 aromatic heterocycles. The summed E-state index contributed by atoms with van der Waals surface area (Å²) in [5.74, 6) is 1.19. The van der Waals surface area contributed by atoms with E-state index in [1.165, 1.54) is 61.4 Å². The van der Waals surface area contributed by atoms with Crippen molar-refractivity contribution in [2.45, 2.75) is 65.3 Å². The Morgan fingerprint density at radius 3 is 2.68 bits per heavy atom. The lowest BCUT2D eigenvalue weighted by molar-refractivity contribution is -0.156. The summed E-state index contributed by atoms with van der Waals surface area (Å²) < 4.78 is 7.39. The van der Waals surface area contributed by atoms with Crippen molar-refractivity contribution in [3.8, 4) is 11.3 Å². The van der Waals surface area contributed by atoms with Gasteiger partial charge in [0.1, 0.15) is 17.2 Å². The molecule has 0 unspecified atom stereocenters. The van der Waals surface area contributed by atoms with Crippen molar-refractivity contribution >= 4 is 33.1 Å². The van der Waals surface area contributed by atoms with E-state index in [0.29, 0.717) is 30.5 Å². The van der Waals surface area contributed by atoms with Crippen LogP contribution in [0.1, 0.15) is 65.7 Å². The second-order valence-electron chi connectivity index (χ2n) is 12.1. The molecule has 2 saturated heterocycles. The van der Waals surface area contributed by atoms with Gasteiger partial charge in [-0.3, -0.25) is 4.79 Å². The molecule has 1 saturated carbocycles. The zero-order valence-corrected chi connectivity index (χ0v) is 23.7. The third kappa shape index (κ3) is 3.51. The van der Waals surface area contributed by atoms with Gasteiger partial charge >= 0.3 is 0 Å². The number of hydrogen-bond donors (Lipinski definition) is 2. The molecule has 4 aromatic rings. The molecule has 1 aliphatic carbocycles. The number of thiophene rings is 1. The van der Waals surface area contributed by atoms with Gasteiger partial charge in [-0.1, -0.05) is 13.8 Å². The minimum absolute atomic E-state index is 0.168. The highest BCUT2D eigenvalue weighted by Gasteiger charge is 2.55. The first-order valence-corrected chi connectivity index (χ1v) is 14.6. The highest BCUT2D eigenvalue weighted by molar-refractivity contribution is 7.19. The number of carbonyl (C=O) groups excluding carboxylic acids is 1. The van der Waals surface area contributed by atoms with E-state index in [2.05, 4.69) is 61.2 Å². The number of morpholine rings is 1. The number of aromatic nitrogens is 4. The number of nitrogens with one attached hydrogen (secondary N) is 2. The molecule has 0 radical (unpaired) electrons. The molecule has 200 valence electrons. The van der Waals surface area contributed by atoms with Crippen molar-refractivity contribution in [1.82, 2.24) is 29.8 Å². The average molecular weight is 533 g/mol. The van der Waals surface area contributed by atoms with E-state index < -0.39 is 0 Å². The molecule has 6 heterocycles. The second kappa shape index (κ2) is 8.63. The molecule has 1 spiro atoms. The summed E-state index contributed by atoms with van der Waals surface area (Å²) in [5.41, 5.74) is 8.90. The van der Waals surface area contributed by atoms with Crippen LogP contribution in [0.25, 0.3) is 27.1 Å². The van der Waals surface area contributed by atoms with E-state index in [9.17, 15) is 4.79 Å². The zero-order chi connectivity index (χ0) is 26.3. The first-order chi connectivity index (χ1) is 18.3. The Morgan fingerprint density at radius 2 is 1.97 bits per heavy atom. The molecule has 1 amide bonds. The van der Waals surface area contributed by atoms with Crippen molar-refractivity contribution in [3.05, 3.63) is 39.7 Å². The van der Waals surface area contributed by atoms with Crippen molar-refractivity contribution < 1.29 is 9.53 Å². The Morgan fingerprint density at radius 1 is 1.18 bits per heavy atom. The smallest absolute Gasteiger partial charge is 0.242 e. The van der Waals surface area contributed by atoms with Crippen molar-refractivity contribution in [1.29, 1.82) is 0 Å². The van der Waals surface area contributed by atoms with E-state index in [1.54, 1.807) is 6.33 Å². The van der Waals surface area contributed by atoms with Gasteiger partial charge in [0, 0.05) is 47.1 Å². The van der Waals surface area contributed by atoms with Crippen molar-refractivity contribution in [3.63, 3.8) is 0 Å². The van der Waals surface area contributed by atoms with Crippen LogP contribution in [-0.2, 0) is 9.53 Å². The van der Waals surface area contributed by atoms with Crippen molar-refractivity contribution in [2.75, 3.05) is 32.8 Å². The number of carbonyl (C=O) groups is 1. The molecule has 2 N–H and O–H groups in total. The lowest BCUT2D eigenvalue weighted by Gasteiger charge is -2.59. The van der Waals surface area contributed by atoms with Crippen LogP contribution in [0.4, 0.5) is 0 Å². The van der Waals surface area contributed by atoms with Gasteiger partial charge in [0.25, 0.3) is 0 Å². The molecule has 3 aliphatic rings. The Labute approximate surface area is 226 Å². The van der Waals surface area contributed by atoms with E-state index in [0.717, 1.165) is 25.3 Å². The molecular formula is C29H36N6O2S. The van der Waals surface area contributed by atoms with Gasteiger partial charge in [0.2, 0.25) is 5.91 Å². The van der Waals surface area contributed by atoms with Crippen LogP contribution in [0.5, 0.6) is 0 Å². The molecule has 1 atom stereocenters. The number of fused-ring (bicyclic) bond motifs is 2. The summed E-state index contributed by atoms with van der Waals surface area (Å²) in [6, 6.07) is -0.168. The quantitative estimate of drug-likeness (QED) is 0.399. The Hall–Kier alpha value is -2.75. The maximum Gasteiger partial charge on any atom is 0.242 e. The molecule has 2 aliphatic heterocycles. The van der Waals surface area contributed by atoms with Crippen LogP contribution in [0, 0.1) is 26.2 Å². The second-order valence-corrected chi connectivity index (χ2v) is 13.1. The molecule has 3 fully saturated rings. The number of rotatable bonds is 4. The van der Waals surface area contributed by atoms with Crippen LogP contribution in [0.3, 0.4) is 0 Å². The van der Waals surface area contributed by atoms with Gasteiger partial charge in [0.15, 0.2) is 5.65 Å². The van der Waals surface area contributed by atoms with Gasteiger partial charge in [-0.25, -0.2) is 9.50 Å². The number of nitrogens with zero attached hydrogens (tertiary/aromatic N) is 4. The van der Waals surface area contributed by atoms with Gasteiger partial charge < -0.3 is 19.9 Å². The van der Waals surface area contributed by atoms with Gasteiger partial charge in [-0.05, 0) is 67.7 Å². The zero-order valence-electron chi connectivity index (χ0n) is 22.9. The lowest BCUT2D eigenvalue weighted by Crippen LogP contribution is -2.66. The van der Waals surface area contributed by atoms with Crippen LogP contribution in [0.2, 0.25) is 0 Å². The predicted molar refractivity (Wildman–Crippen MR) is 150 cm³/mol. The van der Waals surface area contributed by atoms with Gasteiger partial charge in [-0.15, -0.1) is 11.3 Å². The number of aryl methyl sites for hydroxylation is 2. The average Bonchev–Trinajstić information content (AvgIpc) is 3.55. The first-order valence-electron chi connectivity index (χ1n) is 13.8. The number of ether oxygens (including phenoxy) is 1. The molecule has 38 heavy (non-hydrogen) atoms. The van der Waals surface area contributed by atoms with Crippen molar-refractivity contribution in [2.24, 2.45) is 5.41 Å². The third-order valence-electron chi connectivity index (χ3n) is 9.25. The molecular weight excluding hydrogens is 496 g/mol. The minimum Gasteiger partial charge on any atom is -0.378 e. The van der Waals surface area contributed by atoms with E-state index in [1.807, 2.05) is 20.8 Å². The summed E-state index contributed by atoms with van der Waals surface area (Å²) in [5, 5.41) is 9.13. The number of likely N-dealkylation sites (tertiary alicyclic amines) is 1. The molecule has 9 heteroatoms. The third-order valence-corrected chi connectivity index (χ3v) is 10.6. The van der Waals surface area contributed by atoms with Crippen LogP contribution in [-0.4, -0.2) is 69.3 Å². The van der Waals surface area contributed by atoms with E-state index >= 15 is 0 Å². The number of aromatic amines is 1. The predicted octanol–water partition coefficient (Wildman–Crippen LogP) is 4.68. The summed E-state index contributed by atoms with van der Waals surface area (Å²) in [7, 11) is 0. The number of amides is 1. The highest BCUT2D eigenvalue weighted by Crippen LogP contribution is 2.59. The number of pyridine rings is 1. The Kier molecular flexibility index (Phi) is 5.52. The highest BCUT2D eigenvalue weighted by atomic mass is 32.1. The molecule has 7 rings (SSSR count). The maximum absolute atomic E-state index is 12.8. The summed E-state index contributed by atoms with van der Waals surface area (Å²) in [6.45, 7) is 15.0. The number of hydrogen-bond acceptors (Lipinski definition) is 6. The molecule has 0 aromatic carbocycles. The summed E-state index contributed by atoms with van der Waals surface area (Å²) >= 11 is 1.94. The van der Waals surface area contributed by atoms with Crippen LogP contribution in [0.15, 0.2) is 12.5 Å². The van der Waals surface area contributed by atoms with E-state index in [4.69, 9.17) is 4.74 Å². The minimum atomic E-state index is -0.168. The monoisotopic (exact) mass is 532 g/mol. The fourth-order valence-electron chi connectivity index (χ4n) is 7.18. The van der Waals surface area contributed by atoms with Crippen LogP contribution < -0.4 is 5.32 Å². The fourth-order valence-corrected chi connectivity index (χ4v) is 8.50. The standard InChI is InChI=1S/C29H36N6O2S/c1-15(2)22-23-18(5)25(19-8-29(9-19)12-34(13-29)28(36)21-11-37-7-6-30-21)38-27(23)33-24(22)20-10-35-26(31-14-32-35)17(4)16(20)3/h10,14-15,19,21,30,33H,6-9,11-13H2,1-5H3/t21-/m1/s1. The molecule has 8 nitrogen and oxygen atoms in total. The number of H-pyrrole nitrogens is 1. The van der Waals surface area contributed by atoms with E-state index in [-0.39, 0.29) is 11.9 Å². The lowest BCUT2D eigenvalue weighted by atomic mass is 9.57. The van der Waals surface area contributed by atoms with Gasteiger partial charge in [0.05, 0.1) is 18.9 Å². The largest absolute Gasteiger partial charge is 0.378 e. The summed E-state index contributed by atoms with van der Waals surface area (Å²) in [4.78, 5) is 25.9. The Balaban J connectivity index is 1.15. The molecule has 0 bridgehead atoms. The summed E-state index contributed by atoms with van der Waals surface area (Å²) in [6.07, 6.45) is 6.11. The van der Waals surface area contributed by atoms with Gasteiger partial charge in [-0.2, -0.15) is 5.10 Å². The normalized spacial score (nSPS) is 21.5. The maximum atomic E-state index is 12.8. The fraction of sp³-hybridized carbons (Fsp3) is 0.552. The Bertz CT molecular complexity index is 1560. The first kappa shape index (κ1) is 24.3. The topological polar surface area (TPSA) is 87.5 Å². The SMILES string of the molecule is Cc1c(-c2[nH]c3sc(C4CC5(C4)CN(C(=O)[C@H]4COCCN4)C5)c(C)c3c2C(C)C)cn2ncnc2c1C.